The van der Waals surface area contributed by atoms with Gasteiger partial charge in [0.15, 0.2) is 12.2 Å². The van der Waals surface area contributed by atoms with E-state index >= 15 is 0 Å². The van der Waals surface area contributed by atoms with Gasteiger partial charge in [-0.1, -0.05) is 313 Å². The lowest BCUT2D eigenvalue weighted by Gasteiger charge is -2.25. The van der Waals surface area contributed by atoms with Crippen LogP contribution < -0.4 is 37.2 Å². The molecule has 0 aliphatic heterocycles. The summed E-state index contributed by atoms with van der Waals surface area (Å²) in [4.78, 5) is 135. The second-order valence-electron chi connectivity index (χ2n) is 30.8. The first-order valence-corrected chi connectivity index (χ1v) is 48.2. The van der Waals surface area contributed by atoms with Gasteiger partial charge in [0.25, 0.3) is 19.6 Å². The Labute approximate surface area is 720 Å². The molecule has 4 aromatic rings. The minimum absolute atomic E-state index is 0.00796. The third-order valence-electron chi connectivity index (χ3n) is 20.0. The fourth-order valence-corrected chi connectivity index (χ4v) is 14.9. The number of carbonyl (C=O) groups is 7. The number of benzene rings is 2. The first-order valence-electron chi connectivity index (χ1n) is 44.5. The summed E-state index contributed by atoms with van der Waals surface area (Å²) in [5.74, 6) is -5.36. The molecule has 4 rings (SSSR count). The molecule has 2 aromatic heterocycles. The Hall–Kier alpha value is -6.45. The number of ether oxygens (including phenoxy) is 4. The molecule has 0 aliphatic carbocycles. The molecule has 4 unspecified atom stereocenters. The Balaban J connectivity index is 0.000000622. The SMILES string of the molecule is CCCCCCCCCCCCCC(=O)OCC(COP(=O)(O)OCCNC(=O)CNC(=O)c1cc2cc(Cl)c([O-])cc2oc1=O)OC(=O)CCCCCCCCCCCCC.CCCCCCCCCCCCCC(=O)OCC(COP(=O)([O-])OCCNC(=O)c1cc2cc(Cl)c(O)cc2oc1=O)OC(=O)CCCCCCCCCCCCC. The normalized spacial score (nSPS) is 12.9. The number of phenolic OH excluding ortho intramolecular Hbond substituents is 1. The Morgan fingerprint density at radius 2 is 0.733 bits per heavy atom. The van der Waals surface area contributed by atoms with Gasteiger partial charge in [-0.05, 0) is 56.0 Å². The predicted molar refractivity (Wildman–Crippen MR) is 461 cm³/mol. The zero-order valence-electron chi connectivity index (χ0n) is 71.9. The third-order valence-corrected chi connectivity index (χ3v) is 22.6. The molecule has 120 heavy (non-hydrogen) atoms. The van der Waals surface area contributed by atoms with Crippen molar-refractivity contribution in [1.82, 2.24) is 16.0 Å². The van der Waals surface area contributed by atoms with Crippen LogP contribution >= 0.6 is 38.8 Å². The molecule has 0 fully saturated rings. The summed E-state index contributed by atoms with van der Waals surface area (Å²) in [7, 11) is -9.68. The van der Waals surface area contributed by atoms with E-state index in [1.54, 1.807) is 0 Å². The van der Waals surface area contributed by atoms with Crippen molar-refractivity contribution in [2.75, 3.05) is 59.3 Å². The number of carbonyl (C=O) groups excluding carboxylic acids is 7. The molecular weight excluding hydrogens is 1630 g/mol. The second kappa shape index (κ2) is 67.0. The molecule has 682 valence electrons. The molecular formula is C88H139Cl2N3O25P2-2. The van der Waals surface area contributed by atoms with Gasteiger partial charge in [0.05, 0.1) is 38.0 Å². The maximum Gasteiger partial charge on any atom is 0.472 e. The number of phosphoric ester groups is 2. The number of hydrogen-bond donors (Lipinski definition) is 5. The molecule has 0 spiro atoms. The molecule has 2 heterocycles. The standard InChI is InChI=1S/C45H72ClN2O13P.C43H69ClNO12P/c1-3-5-7-9-11-13-15-17-19-21-23-25-42(51)57-33-36(60-43(52)26-24-22-20-18-16-14-12-10-8-6-4-2)34-59-62(55,56)58-28-27-47-41(50)32-48-44(53)37-29-35-30-38(46)39(49)31-40(35)61-45(37)54;1-3-5-7-9-11-13-15-17-19-21-23-25-40(47)53-32-35(56-41(48)26-24-22-20-18-16-14-12-10-8-6-4-2)33-55-58(51,52)54-28-27-45-42(49)36-29-34-30-37(44)38(46)31-39(34)57-43(36)50/h29-31,36,49H,3-28,32-34H2,1-2H3,(H,47,50)(H,48,53)(H,55,56);29-31,35,46H,3-28,32-33H2,1-2H3,(H,45,49)(H,51,52)/p-2. The van der Waals surface area contributed by atoms with Crippen LogP contribution in [0.25, 0.3) is 21.9 Å². The molecule has 0 aliphatic rings. The highest BCUT2D eigenvalue weighted by Gasteiger charge is 2.28. The lowest BCUT2D eigenvalue weighted by Crippen LogP contribution is -2.39. The third kappa shape index (κ3) is 52.9. The van der Waals surface area contributed by atoms with Gasteiger partial charge in [0.2, 0.25) is 5.91 Å². The summed E-state index contributed by atoms with van der Waals surface area (Å²) in [6, 6.07) is 7.16. The number of esters is 4. The molecule has 0 saturated heterocycles. The highest BCUT2D eigenvalue weighted by molar-refractivity contribution is 7.47. The number of aromatic hydroxyl groups is 1. The van der Waals surface area contributed by atoms with Gasteiger partial charge >= 0.3 is 43.0 Å². The quantitative estimate of drug-likeness (QED) is 0.00901. The fourth-order valence-electron chi connectivity index (χ4n) is 13.1. The topological polar surface area (TPSA) is 411 Å². The number of phosphoric acid groups is 2. The smallest absolute Gasteiger partial charge is 0.472 e. The van der Waals surface area contributed by atoms with E-state index in [1.807, 2.05) is 0 Å². The summed E-state index contributed by atoms with van der Waals surface area (Å²) >= 11 is 11.7. The van der Waals surface area contributed by atoms with E-state index in [-0.39, 0.29) is 95.3 Å². The van der Waals surface area contributed by atoms with Gasteiger partial charge < -0.3 is 72.8 Å². The van der Waals surface area contributed by atoms with Crippen LogP contribution in [0.1, 0.15) is 357 Å². The van der Waals surface area contributed by atoms with Crippen molar-refractivity contribution in [3.8, 4) is 11.5 Å². The van der Waals surface area contributed by atoms with Crippen LogP contribution in [-0.2, 0) is 70.1 Å². The lowest BCUT2D eigenvalue weighted by atomic mass is 10.1. The number of phenols is 1. The van der Waals surface area contributed by atoms with Gasteiger partial charge in [0, 0.05) is 60.6 Å². The van der Waals surface area contributed by atoms with Crippen LogP contribution in [0.3, 0.4) is 0 Å². The number of halogens is 2. The minimum Gasteiger partial charge on any atom is -0.871 e. The first kappa shape index (κ1) is 108. The predicted octanol–water partition coefficient (Wildman–Crippen LogP) is 19.6. The number of rotatable bonds is 72. The Morgan fingerprint density at radius 3 is 1.12 bits per heavy atom. The van der Waals surface area contributed by atoms with Gasteiger partial charge in [-0.25, -0.2) is 14.2 Å². The van der Waals surface area contributed by atoms with E-state index in [9.17, 15) is 72.3 Å². The first-order chi connectivity index (χ1) is 57.8. The van der Waals surface area contributed by atoms with Crippen LogP contribution in [-0.4, -0.2) is 123 Å². The van der Waals surface area contributed by atoms with Gasteiger partial charge in [-0.2, -0.15) is 0 Å². The molecule has 5 N–H and O–H groups in total. The van der Waals surface area contributed by atoms with Crippen LogP contribution in [0, 0.1) is 0 Å². The van der Waals surface area contributed by atoms with E-state index in [2.05, 4.69) is 43.6 Å². The number of fused-ring (bicyclic) bond motifs is 2. The maximum absolute atomic E-state index is 12.7. The van der Waals surface area contributed by atoms with Crippen molar-refractivity contribution in [3.05, 3.63) is 78.4 Å². The van der Waals surface area contributed by atoms with Crippen molar-refractivity contribution >= 4 is 102 Å². The fraction of sp³-hybridized carbons (Fsp3) is 0.716. The van der Waals surface area contributed by atoms with Crippen LogP contribution in [0.2, 0.25) is 10.0 Å². The van der Waals surface area contributed by atoms with Gasteiger partial charge in [-0.3, -0.25) is 47.2 Å². The zero-order valence-corrected chi connectivity index (χ0v) is 75.2. The Bertz CT molecular complexity index is 3790. The Morgan fingerprint density at radius 1 is 0.408 bits per heavy atom. The largest absolute Gasteiger partial charge is 0.871 e. The summed E-state index contributed by atoms with van der Waals surface area (Å²) in [6.45, 7) is 4.72. The molecule has 2 aromatic carbocycles. The van der Waals surface area contributed by atoms with Crippen LogP contribution in [0.15, 0.2) is 54.8 Å². The number of nitrogens with one attached hydrogen (secondary N) is 3. The van der Waals surface area contributed by atoms with Gasteiger partial charge in [0.1, 0.15) is 41.3 Å². The monoisotopic (exact) mass is 1770 g/mol. The van der Waals surface area contributed by atoms with E-state index in [0.29, 0.717) is 25.7 Å². The molecule has 0 saturated carbocycles. The molecule has 32 heteroatoms. The maximum atomic E-state index is 12.7. The van der Waals surface area contributed by atoms with Crippen molar-refractivity contribution in [1.29, 1.82) is 0 Å². The summed E-state index contributed by atoms with van der Waals surface area (Å²) in [5, 5.41) is 28.9. The highest BCUT2D eigenvalue weighted by atomic mass is 35.5. The van der Waals surface area contributed by atoms with Gasteiger partial charge in [-0.15, -0.1) is 0 Å². The summed E-state index contributed by atoms with van der Waals surface area (Å²) in [6.07, 6.45) is 48.2. The lowest BCUT2D eigenvalue weighted by molar-refractivity contribution is -0.268. The number of amides is 3. The van der Waals surface area contributed by atoms with E-state index < -0.39 is 125 Å². The molecule has 28 nitrogen and oxygen atoms in total. The highest BCUT2D eigenvalue weighted by Crippen LogP contribution is 2.43. The number of unbranched alkanes of at least 4 members (excludes halogenated alkanes) is 40. The van der Waals surface area contributed by atoms with E-state index in [4.69, 9.17) is 69.1 Å². The number of hydrogen-bond acceptors (Lipinski definition) is 24. The van der Waals surface area contributed by atoms with Crippen molar-refractivity contribution in [3.63, 3.8) is 0 Å². The van der Waals surface area contributed by atoms with Crippen molar-refractivity contribution in [2.45, 2.75) is 348 Å². The second-order valence-corrected chi connectivity index (χ2v) is 34.4. The zero-order chi connectivity index (χ0) is 87.9. The van der Waals surface area contributed by atoms with Crippen LogP contribution in [0.5, 0.6) is 11.5 Å². The average molecular weight is 1770 g/mol. The summed E-state index contributed by atoms with van der Waals surface area (Å²) < 4.78 is 77.0. The molecule has 0 bridgehead atoms. The van der Waals surface area contributed by atoms with Crippen molar-refractivity contribution < 1.29 is 109 Å². The minimum atomic E-state index is -4.96. The average Bonchev–Trinajstić information content (AvgIpc) is 0.800. The summed E-state index contributed by atoms with van der Waals surface area (Å²) in [5.41, 5.74) is -2.82. The molecule has 0 radical (unpaired) electrons. The van der Waals surface area contributed by atoms with E-state index in [0.717, 1.165) is 89.2 Å². The van der Waals surface area contributed by atoms with E-state index in [1.165, 1.54) is 204 Å². The van der Waals surface area contributed by atoms with Crippen molar-refractivity contribution in [2.24, 2.45) is 0 Å². The molecule has 4 atom stereocenters. The molecule has 3 amide bonds. The Kier molecular flexibility index (Phi) is 60.2. The van der Waals surface area contributed by atoms with Crippen LogP contribution in [0.4, 0.5) is 0 Å².